The van der Waals surface area contributed by atoms with Gasteiger partial charge in [-0.05, 0) is 18.6 Å². The number of aromatic hydroxyl groups is 1. The lowest BCUT2D eigenvalue weighted by atomic mass is 10.1. The molecule has 0 aromatic heterocycles. The van der Waals surface area contributed by atoms with Crippen LogP contribution in [0.5, 0.6) is 11.5 Å². The topological polar surface area (TPSA) is 49.7 Å². The predicted octanol–water partition coefficient (Wildman–Crippen LogP) is 2.01. The van der Waals surface area contributed by atoms with Crippen LogP contribution < -0.4 is 4.74 Å². The highest BCUT2D eigenvalue weighted by Crippen LogP contribution is 2.37. The van der Waals surface area contributed by atoms with Crippen LogP contribution in [-0.4, -0.2) is 23.9 Å². The first-order valence-corrected chi connectivity index (χ1v) is 5.07. The Bertz CT molecular complexity index is 337. The van der Waals surface area contributed by atoms with E-state index in [1.807, 2.05) is 6.92 Å². The van der Waals surface area contributed by atoms with Gasteiger partial charge in [-0.3, -0.25) is 0 Å². The van der Waals surface area contributed by atoms with E-state index in [9.17, 15) is 5.11 Å². The van der Waals surface area contributed by atoms with E-state index in [0.29, 0.717) is 17.7 Å². The molecule has 1 aromatic carbocycles. The highest BCUT2D eigenvalue weighted by atomic mass is 79.9. The second-order valence-electron chi connectivity index (χ2n) is 3.01. The number of methoxy groups -OCH3 is 1. The number of aliphatic hydroxyl groups excluding tert-OH is 1. The summed E-state index contributed by atoms with van der Waals surface area (Å²) in [5, 5.41) is 18.6. The van der Waals surface area contributed by atoms with Crippen molar-refractivity contribution >= 4 is 15.9 Å². The number of aliphatic hydroxyl groups is 1. The van der Waals surface area contributed by atoms with Crippen LogP contribution in [0.1, 0.15) is 11.1 Å². The van der Waals surface area contributed by atoms with Gasteiger partial charge in [0.25, 0.3) is 0 Å². The van der Waals surface area contributed by atoms with E-state index in [2.05, 4.69) is 15.9 Å². The number of phenols is 1. The number of benzene rings is 1. The minimum absolute atomic E-state index is 0.00122. The third-order valence-electron chi connectivity index (χ3n) is 2.06. The molecule has 0 unspecified atom stereocenters. The number of ether oxygens (including phenoxy) is 1. The summed E-state index contributed by atoms with van der Waals surface area (Å²) in [5.41, 5.74) is 1.66. The van der Waals surface area contributed by atoms with Gasteiger partial charge < -0.3 is 14.9 Å². The highest BCUT2D eigenvalue weighted by molar-refractivity contribution is 9.10. The zero-order valence-corrected chi connectivity index (χ0v) is 9.76. The molecule has 0 radical (unpaired) electrons. The monoisotopic (exact) mass is 260 g/mol. The molecule has 1 rings (SSSR count). The Morgan fingerprint density at radius 1 is 1.50 bits per heavy atom. The number of phenolic OH excluding ortho intramolecular Hbond substituents is 1. The molecule has 0 atom stereocenters. The largest absolute Gasteiger partial charge is 0.504 e. The first-order chi connectivity index (χ1) is 6.61. The molecule has 0 bridgehead atoms. The zero-order valence-electron chi connectivity index (χ0n) is 8.17. The quantitative estimate of drug-likeness (QED) is 0.875. The van der Waals surface area contributed by atoms with Crippen molar-refractivity contribution in [1.82, 2.24) is 0 Å². The molecule has 0 fully saturated rings. The van der Waals surface area contributed by atoms with Gasteiger partial charge in [0.15, 0.2) is 11.5 Å². The van der Waals surface area contributed by atoms with Crippen LogP contribution in [0.25, 0.3) is 0 Å². The van der Waals surface area contributed by atoms with Crippen LogP contribution >= 0.6 is 15.9 Å². The Morgan fingerprint density at radius 2 is 2.14 bits per heavy atom. The molecule has 78 valence electrons. The Hall–Kier alpha value is -0.740. The number of rotatable bonds is 3. The third-order valence-corrected chi connectivity index (χ3v) is 3.16. The molecule has 0 saturated heterocycles. The van der Waals surface area contributed by atoms with Crippen molar-refractivity contribution in [3.8, 4) is 11.5 Å². The van der Waals surface area contributed by atoms with Crippen LogP contribution in [0.15, 0.2) is 10.5 Å². The molecular weight excluding hydrogens is 248 g/mol. The first-order valence-electron chi connectivity index (χ1n) is 4.27. The summed E-state index contributed by atoms with van der Waals surface area (Å²) in [6.45, 7) is 1.91. The average molecular weight is 261 g/mol. The molecule has 2 N–H and O–H groups in total. The van der Waals surface area contributed by atoms with Crippen molar-refractivity contribution in [2.24, 2.45) is 0 Å². The molecule has 0 saturated carbocycles. The van der Waals surface area contributed by atoms with Gasteiger partial charge in [0.1, 0.15) is 0 Å². The predicted molar refractivity (Wildman–Crippen MR) is 57.9 cm³/mol. The van der Waals surface area contributed by atoms with Gasteiger partial charge in [0.2, 0.25) is 0 Å². The Balaban J connectivity index is 3.29. The second-order valence-corrected chi connectivity index (χ2v) is 3.80. The molecule has 14 heavy (non-hydrogen) atoms. The second kappa shape index (κ2) is 4.66. The summed E-state index contributed by atoms with van der Waals surface area (Å²) in [7, 11) is 1.51. The maximum atomic E-state index is 9.76. The van der Waals surface area contributed by atoms with Crippen LogP contribution in [0.2, 0.25) is 0 Å². The molecule has 0 heterocycles. The summed E-state index contributed by atoms with van der Waals surface area (Å²) in [6.07, 6.45) is 0.407. The van der Waals surface area contributed by atoms with Gasteiger partial charge in [-0.2, -0.15) is 0 Å². The lowest BCUT2D eigenvalue weighted by Crippen LogP contribution is -1.97. The fourth-order valence-corrected chi connectivity index (χ4v) is 1.82. The maximum Gasteiger partial charge on any atom is 0.162 e. The zero-order chi connectivity index (χ0) is 10.7. The van der Waals surface area contributed by atoms with Gasteiger partial charge in [-0.1, -0.05) is 15.9 Å². The van der Waals surface area contributed by atoms with E-state index < -0.39 is 0 Å². The molecule has 1 aromatic rings. The standard InChI is InChI=1S/C10H13BrO3/c1-6-5-8(14-2)10(13)7(3-4-12)9(6)11/h5,12-13H,3-4H2,1-2H3. The fraction of sp³-hybridized carbons (Fsp3) is 0.400. The Kier molecular flexibility index (Phi) is 3.77. The molecular formula is C10H13BrO3. The summed E-state index contributed by atoms with van der Waals surface area (Å²) < 4.78 is 5.84. The number of aryl methyl sites for hydroxylation is 1. The SMILES string of the molecule is COc1cc(C)c(Br)c(CCO)c1O. The Morgan fingerprint density at radius 3 is 2.64 bits per heavy atom. The van der Waals surface area contributed by atoms with Crippen molar-refractivity contribution in [3.05, 3.63) is 21.7 Å². The highest BCUT2D eigenvalue weighted by Gasteiger charge is 2.13. The van der Waals surface area contributed by atoms with E-state index in [1.165, 1.54) is 7.11 Å². The number of halogens is 1. The van der Waals surface area contributed by atoms with Gasteiger partial charge >= 0.3 is 0 Å². The molecule has 4 heteroatoms. The van der Waals surface area contributed by atoms with E-state index >= 15 is 0 Å². The van der Waals surface area contributed by atoms with Gasteiger partial charge in [-0.25, -0.2) is 0 Å². The smallest absolute Gasteiger partial charge is 0.162 e. The Labute approximate surface area is 91.5 Å². The van der Waals surface area contributed by atoms with E-state index in [0.717, 1.165) is 10.0 Å². The minimum atomic E-state index is -0.00122. The minimum Gasteiger partial charge on any atom is -0.504 e. The average Bonchev–Trinajstić information content (AvgIpc) is 2.18. The van der Waals surface area contributed by atoms with Crippen LogP contribution in [-0.2, 0) is 6.42 Å². The van der Waals surface area contributed by atoms with Crippen molar-refractivity contribution < 1.29 is 14.9 Å². The normalized spacial score (nSPS) is 10.3. The van der Waals surface area contributed by atoms with Gasteiger partial charge in [0, 0.05) is 23.1 Å². The summed E-state index contributed by atoms with van der Waals surface area (Å²) in [4.78, 5) is 0. The molecule has 0 spiro atoms. The van der Waals surface area contributed by atoms with Crippen LogP contribution in [0, 0.1) is 6.92 Å². The summed E-state index contributed by atoms with van der Waals surface area (Å²) in [5.74, 6) is 0.535. The van der Waals surface area contributed by atoms with E-state index in [4.69, 9.17) is 9.84 Å². The molecule has 3 nitrogen and oxygen atoms in total. The molecule has 0 amide bonds. The fourth-order valence-electron chi connectivity index (χ4n) is 1.31. The number of hydrogen-bond donors (Lipinski definition) is 2. The lowest BCUT2D eigenvalue weighted by Gasteiger charge is -2.12. The van der Waals surface area contributed by atoms with E-state index in [-0.39, 0.29) is 12.4 Å². The molecule has 0 aliphatic rings. The maximum absolute atomic E-state index is 9.76. The van der Waals surface area contributed by atoms with Crippen molar-refractivity contribution in [1.29, 1.82) is 0 Å². The first kappa shape index (κ1) is 11.3. The summed E-state index contributed by atoms with van der Waals surface area (Å²) >= 11 is 3.37. The molecule has 0 aliphatic heterocycles. The number of hydrogen-bond acceptors (Lipinski definition) is 3. The van der Waals surface area contributed by atoms with E-state index in [1.54, 1.807) is 6.07 Å². The van der Waals surface area contributed by atoms with Crippen molar-refractivity contribution in [2.75, 3.05) is 13.7 Å². The van der Waals surface area contributed by atoms with Gasteiger partial charge in [-0.15, -0.1) is 0 Å². The summed E-state index contributed by atoms with van der Waals surface area (Å²) in [6, 6.07) is 1.75. The molecule has 0 aliphatic carbocycles. The van der Waals surface area contributed by atoms with Gasteiger partial charge in [0.05, 0.1) is 7.11 Å². The third kappa shape index (κ3) is 2.01. The van der Waals surface area contributed by atoms with Crippen molar-refractivity contribution in [2.45, 2.75) is 13.3 Å². The van der Waals surface area contributed by atoms with Crippen LogP contribution in [0.3, 0.4) is 0 Å². The lowest BCUT2D eigenvalue weighted by molar-refractivity contribution is 0.295. The van der Waals surface area contributed by atoms with Crippen molar-refractivity contribution in [3.63, 3.8) is 0 Å². The van der Waals surface area contributed by atoms with Crippen LogP contribution in [0.4, 0.5) is 0 Å².